The first-order chi connectivity index (χ1) is 10.6. The van der Waals surface area contributed by atoms with Crippen LogP contribution in [0.3, 0.4) is 0 Å². The van der Waals surface area contributed by atoms with Gasteiger partial charge in [0.25, 0.3) is 5.91 Å². The van der Waals surface area contributed by atoms with Crippen LogP contribution in [0.4, 0.5) is 0 Å². The topological polar surface area (TPSA) is 47.4 Å². The Morgan fingerprint density at radius 1 is 1.41 bits per heavy atom. The normalized spacial score (nSPS) is 17.8. The zero-order valence-corrected chi connectivity index (χ0v) is 13.2. The fourth-order valence-electron chi connectivity index (χ4n) is 2.85. The summed E-state index contributed by atoms with van der Waals surface area (Å²) in [5.41, 5.74) is 2.51. The summed E-state index contributed by atoms with van der Waals surface area (Å²) in [6.45, 7) is 5.83. The zero-order chi connectivity index (χ0) is 15.7. The number of carbonyl (C=O) groups excluding carboxylic acids is 1. The van der Waals surface area contributed by atoms with E-state index in [0.717, 1.165) is 36.5 Å². The van der Waals surface area contributed by atoms with Crippen LogP contribution >= 0.6 is 0 Å². The van der Waals surface area contributed by atoms with Crippen molar-refractivity contribution >= 4 is 5.91 Å². The molecule has 3 rings (SSSR count). The Morgan fingerprint density at radius 2 is 2.23 bits per heavy atom. The summed E-state index contributed by atoms with van der Waals surface area (Å²) in [5, 5.41) is 0. The summed E-state index contributed by atoms with van der Waals surface area (Å²) in [7, 11) is 1.64. The fourth-order valence-corrected chi connectivity index (χ4v) is 2.85. The molecule has 1 fully saturated rings. The molecule has 1 atom stereocenters. The molecule has 116 valence electrons. The van der Waals surface area contributed by atoms with Gasteiger partial charge in [-0.1, -0.05) is 13.0 Å². The Kier molecular flexibility index (Phi) is 3.88. The number of hydrogen-bond acceptors (Lipinski definition) is 3. The van der Waals surface area contributed by atoms with Crippen LogP contribution in [-0.4, -0.2) is 40.6 Å². The first-order valence-electron chi connectivity index (χ1n) is 7.56. The van der Waals surface area contributed by atoms with Gasteiger partial charge in [-0.3, -0.25) is 4.79 Å². The summed E-state index contributed by atoms with van der Waals surface area (Å²) in [6.07, 6.45) is 4.52. The number of imidazole rings is 1. The number of carbonyl (C=O) groups is 1. The molecule has 0 bridgehead atoms. The number of aryl methyl sites for hydroxylation is 1. The van der Waals surface area contributed by atoms with Gasteiger partial charge in [0.2, 0.25) is 0 Å². The molecule has 5 nitrogen and oxygen atoms in total. The molecule has 0 spiro atoms. The lowest BCUT2D eigenvalue weighted by atomic mass is 10.2. The second-order valence-corrected chi connectivity index (χ2v) is 5.99. The van der Waals surface area contributed by atoms with Crippen molar-refractivity contribution in [2.45, 2.75) is 20.3 Å². The van der Waals surface area contributed by atoms with E-state index in [1.165, 1.54) is 0 Å². The monoisotopic (exact) mass is 299 g/mol. The number of aromatic nitrogens is 2. The van der Waals surface area contributed by atoms with Crippen molar-refractivity contribution in [1.82, 2.24) is 14.5 Å². The first kappa shape index (κ1) is 14.6. The molecule has 0 saturated carbocycles. The minimum atomic E-state index is 0.00900. The molecule has 2 heterocycles. The predicted octanol–water partition coefficient (Wildman–Crippen LogP) is 2.67. The van der Waals surface area contributed by atoms with Gasteiger partial charge < -0.3 is 14.2 Å². The van der Waals surface area contributed by atoms with Crippen LogP contribution in [0.2, 0.25) is 0 Å². The van der Waals surface area contributed by atoms with Gasteiger partial charge in [-0.25, -0.2) is 4.98 Å². The van der Waals surface area contributed by atoms with Crippen molar-refractivity contribution in [1.29, 1.82) is 0 Å². The lowest BCUT2D eigenvalue weighted by Crippen LogP contribution is -2.28. The highest BCUT2D eigenvalue weighted by atomic mass is 16.5. The highest BCUT2D eigenvalue weighted by molar-refractivity contribution is 5.92. The van der Waals surface area contributed by atoms with Crippen LogP contribution in [0.15, 0.2) is 30.7 Å². The van der Waals surface area contributed by atoms with E-state index in [4.69, 9.17) is 4.74 Å². The number of benzene rings is 1. The molecule has 1 aliphatic rings. The van der Waals surface area contributed by atoms with Crippen molar-refractivity contribution in [2.75, 3.05) is 20.2 Å². The summed E-state index contributed by atoms with van der Waals surface area (Å²) in [5.74, 6) is 1.34. The molecule has 22 heavy (non-hydrogen) atoms. The van der Waals surface area contributed by atoms with E-state index in [2.05, 4.69) is 11.9 Å². The van der Waals surface area contributed by atoms with Gasteiger partial charge in [0.15, 0.2) is 0 Å². The molecule has 0 N–H and O–H groups in total. The van der Waals surface area contributed by atoms with Crippen molar-refractivity contribution in [3.05, 3.63) is 42.0 Å². The molecular formula is C17H21N3O2. The van der Waals surface area contributed by atoms with Crippen molar-refractivity contribution in [3.63, 3.8) is 0 Å². The molecule has 2 aromatic rings. The molecule has 5 heteroatoms. The number of nitrogens with zero attached hydrogens (tertiary/aromatic N) is 3. The van der Waals surface area contributed by atoms with E-state index in [1.807, 2.05) is 34.6 Å². The largest absolute Gasteiger partial charge is 0.495 e. The quantitative estimate of drug-likeness (QED) is 0.875. The van der Waals surface area contributed by atoms with Gasteiger partial charge in [-0.15, -0.1) is 0 Å². The zero-order valence-electron chi connectivity index (χ0n) is 13.2. The molecule has 0 unspecified atom stereocenters. The lowest BCUT2D eigenvalue weighted by Gasteiger charge is -2.14. The Balaban J connectivity index is 1.88. The minimum Gasteiger partial charge on any atom is -0.495 e. The SMILES string of the molecule is COc1ccc(C)cc1-n1cnc(C(=O)N2CC[C@@H](C)C2)c1. The molecule has 0 radical (unpaired) electrons. The molecule has 1 aromatic heterocycles. The van der Waals surface area contributed by atoms with Gasteiger partial charge in [0.1, 0.15) is 17.8 Å². The van der Waals surface area contributed by atoms with Gasteiger partial charge in [-0.05, 0) is 37.0 Å². The van der Waals surface area contributed by atoms with Crippen LogP contribution in [-0.2, 0) is 0 Å². The number of amides is 1. The van der Waals surface area contributed by atoms with E-state index in [9.17, 15) is 4.79 Å². The summed E-state index contributed by atoms with van der Waals surface area (Å²) < 4.78 is 7.24. The number of rotatable bonds is 3. The minimum absolute atomic E-state index is 0.00900. The summed E-state index contributed by atoms with van der Waals surface area (Å²) >= 11 is 0. The van der Waals surface area contributed by atoms with Crippen molar-refractivity contribution in [2.24, 2.45) is 5.92 Å². The van der Waals surface area contributed by atoms with E-state index in [-0.39, 0.29) is 5.91 Å². The Hall–Kier alpha value is -2.30. The van der Waals surface area contributed by atoms with E-state index < -0.39 is 0 Å². The maximum atomic E-state index is 12.5. The van der Waals surface area contributed by atoms with Gasteiger partial charge in [0, 0.05) is 19.3 Å². The standard InChI is InChI=1S/C17H21N3O2/c1-12-4-5-16(22-3)15(8-12)20-10-14(18-11-20)17(21)19-7-6-13(2)9-19/h4-5,8,10-11,13H,6-7,9H2,1-3H3/t13-/m1/s1. The second kappa shape index (κ2) is 5.83. The first-order valence-corrected chi connectivity index (χ1v) is 7.56. The highest BCUT2D eigenvalue weighted by Crippen LogP contribution is 2.24. The van der Waals surface area contributed by atoms with Gasteiger partial charge >= 0.3 is 0 Å². The molecular weight excluding hydrogens is 278 g/mol. The van der Waals surface area contributed by atoms with Gasteiger partial charge in [0.05, 0.1) is 12.8 Å². The predicted molar refractivity (Wildman–Crippen MR) is 84.5 cm³/mol. The van der Waals surface area contributed by atoms with Crippen LogP contribution in [0, 0.1) is 12.8 Å². The Bertz CT molecular complexity index is 693. The molecule has 1 aromatic carbocycles. The van der Waals surface area contributed by atoms with E-state index in [0.29, 0.717) is 11.6 Å². The number of likely N-dealkylation sites (tertiary alicyclic amines) is 1. The molecule has 1 aliphatic heterocycles. The van der Waals surface area contributed by atoms with Crippen LogP contribution < -0.4 is 4.74 Å². The third kappa shape index (κ3) is 2.71. The maximum absolute atomic E-state index is 12.5. The van der Waals surface area contributed by atoms with Crippen molar-refractivity contribution in [3.8, 4) is 11.4 Å². The smallest absolute Gasteiger partial charge is 0.274 e. The summed E-state index contributed by atoms with van der Waals surface area (Å²) in [4.78, 5) is 18.6. The maximum Gasteiger partial charge on any atom is 0.274 e. The number of hydrogen-bond donors (Lipinski definition) is 0. The Morgan fingerprint density at radius 3 is 2.91 bits per heavy atom. The van der Waals surface area contributed by atoms with Gasteiger partial charge in [-0.2, -0.15) is 0 Å². The van der Waals surface area contributed by atoms with Crippen LogP contribution in [0.5, 0.6) is 5.75 Å². The van der Waals surface area contributed by atoms with Crippen LogP contribution in [0.25, 0.3) is 5.69 Å². The van der Waals surface area contributed by atoms with Crippen molar-refractivity contribution < 1.29 is 9.53 Å². The fraction of sp³-hybridized carbons (Fsp3) is 0.412. The third-order valence-electron chi connectivity index (χ3n) is 4.13. The number of methoxy groups -OCH3 is 1. The highest BCUT2D eigenvalue weighted by Gasteiger charge is 2.25. The molecule has 1 amide bonds. The third-order valence-corrected chi connectivity index (χ3v) is 4.13. The van der Waals surface area contributed by atoms with Crippen LogP contribution in [0.1, 0.15) is 29.4 Å². The second-order valence-electron chi connectivity index (χ2n) is 5.99. The summed E-state index contributed by atoms with van der Waals surface area (Å²) in [6, 6.07) is 5.94. The average molecular weight is 299 g/mol. The molecule has 1 saturated heterocycles. The van der Waals surface area contributed by atoms with E-state index in [1.54, 1.807) is 19.6 Å². The average Bonchev–Trinajstić information content (AvgIpc) is 3.15. The Labute approximate surface area is 130 Å². The van der Waals surface area contributed by atoms with E-state index >= 15 is 0 Å². The molecule has 0 aliphatic carbocycles. The lowest BCUT2D eigenvalue weighted by molar-refractivity contribution is 0.0783. The number of ether oxygens (including phenoxy) is 1.